The van der Waals surface area contributed by atoms with Gasteiger partial charge in [0.2, 0.25) is 5.82 Å². The number of methoxy groups -OCH3 is 1. The third kappa shape index (κ3) is 3.08. The predicted molar refractivity (Wildman–Crippen MR) is 90.3 cm³/mol. The van der Waals surface area contributed by atoms with Crippen LogP contribution in [0.3, 0.4) is 0 Å². The van der Waals surface area contributed by atoms with Gasteiger partial charge in [0.25, 0.3) is 5.91 Å². The Bertz CT molecular complexity index is 1030. The molecule has 1 N–H and O–H groups in total. The summed E-state index contributed by atoms with van der Waals surface area (Å²) in [6.45, 7) is 0.0112. The van der Waals surface area contributed by atoms with Crippen LogP contribution in [0.15, 0.2) is 30.3 Å². The summed E-state index contributed by atoms with van der Waals surface area (Å²) in [5.41, 5.74) is 1.47. The highest BCUT2D eigenvalue weighted by molar-refractivity contribution is 5.93. The van der Waals surface area contributed by atoms with Gasteiger partial charge in [-0.1, -0.05) is 12.1 Å². The van der Waals surface area contributed by atoms with E-state index < -0.39 is 12.0 Å². The van der Waals surface area contributed by atoms with E-state index >= 15 is 0 Å². The SMILES string of the molecule is COc1ccccc1-c1cc(C(=O)N2CCn3c(nnc3C(F)(F)F)C2)[nH]n1. The number of halogens is 3. The lowest BCUT2D eigenvalue weighted by molar-refractivity contribution is -0.147. The number of H-pyrrole nitrogens is 1. The Morgan fingerprint density at radius 3 is 2.75 bits per heavy atom. The van der Waals surface area contributed by atoms with Crippen LogP contribution >= 0.6 is 0 Å². The number of carbonyl (C=O) groups is 1. The normalized spacial score (nSPS) is 14.1. The molecule has 0 radical (unpaired) electrons. The number of fused-ring (bicyclic) bond motifs is 1. The van der Waals surface area contributed by atoms with Crippen molar-refractivity contribution in [3.05, 3.63) is 47.7 Å². The summed E-state index contributed by atoms with van der Waals surface area (Å²) < 4.78 is 45.1. The van der Waals surface area contributed by atoms with Gasteiger partial charge in [-0.2, -0.15) is 18.3 Å². The van der Waals surface area contributed by atoms with Gasteiger partial charge in [-0.3, -0.25) is 9.89 Å². The first-order valence-corrected chi connectivity index (χ1v) is 8.36. The number of alkyl halides is 3. The lowest BCUT2D eigenvalue weighted by Crippen LogP contribution is -2.39. The largest absolute Gasteiger partial charge is 0.496 e. The van der Waals surface area contributed by atoms with Crippen LogP contribution in [0.2, 0.25) is 0 Å². The molecule has 11 heteroatoms. The second kappa shape index (κ2) is 6.66. The second-order valence-electron chi connectivity index (χ2n) is 6.18. The maximum absolute atomic E-state index is 12.9. The molecule has 0 saturated carbocycles. The average molecular weight is 392 g/mol. The van der Waals surface area contributed by atoms with Crippen LogP contribution in [0.5, 0.6) is 5.75 Å². The number of aromatic nitrogens is 5. The van der Waals surface area contributed by atoms with Gasteiger partial charge in [0.15, 0.2) is 5.82 Å². The third-order valence-electron chi connectivity index (χ3n) is 4.49. The number of ether oxygens (including phenoxy) is 1. The van der Waals surface area contributed by atoms with Crippen molar-refractivity contribution >= 4 is 5.91 Å². The first-order valence-electron chi connectivity index (χ1n) is 8.36. The van der Waals surface area contributed by atoms with Crippen LogP contribution in [-0.4, -0.2) is 49.4 Å². The van der Waals surface area contributed by atoms with E-state index in [2.05, 4.69) is 20.4 Å². The van der Waals surface area contributed by atoms with Crippen molar-refractivity contribution in [1.29, 1.82) is 0 Å². The molecule has 0 fully saturated rings. The molecule has 3 heterocycles. The molecule has 28 heavy (non-hydrogen) atoms. The molecule has 146 valence electrons. The second-order valence-corrected chi connectivity index (χ2v) is 6.18. The van der Waals surface area contributed by atoms with Crippen molar-refractivity contribution in [1.82, 2.24) is 29.9 Å². The van der Waals surface area contributed by atoms with Crippen molar-refractivity contribution in [3.8, 4) is 17.0 Å². The monoisotopic (exact) mass is 392 g/mol. The minimum atomic E-state index is -4.58. The summed E-state index contributed by atoms with van der Waals surface area (Å²) in [6, 6.07) is 8.82. The molecule has 4 rings (SSSR count). The van der Waals surface area contributed by atoms with Crippen molar-refractivity contribution in [2.75, 3.05) is 13.7 Å². The van der Waals surface area contributed by atoms with E-state index in [0.717, 1.165) is 4.57 Å². The van der Waals surface area contributed by atoms with Crippen LogP contribution < -0.4 is 4.74 Å². The smallest absolute Gasteiger partial charge is 0.451 e. The van der Waals surface area contributed by atoms with E-state index in [4.69, 9.17) is 4.74 Å². The van der Waals surface area contributed by atoms with Gasteiger partial charge in [0.05, 0.1) is 19.3 Å². The van der Waals surface area contributed by atoms with Gasteiger partial charge in [-0.15, -0.1) is 10.2 Å². The average Bonchev–Trinajstić information content (AvgIpc) is 3.33. The van der Waals surface area contributed by atoms with Gasteiger partial charge < -0.3 is 14.2 Å². The molecule has 1 amide bonds. The Hall–Kier alpha value is -3.37. The zero-order valence-corrected chi connectivity index (χ0v) is 14.7. The van der Waals surface area contributed by atoms with Gasteiger partial charge in [0.1, 0.15) is 11.4 Å². The summed E-state index contributed by atoms with van der Waals surface area (Å²) in [7, 11) is 1.54. The number of nitrogens with one attached hydrogen (secondary N) is 1. The highest BCUT2D eigenvalue weighted by Crippen LogP contribution is 2.30. The standard InChI is InChI=1S/C17H15F3N6O2/c1-28-13-5-3-2-4-10(13)11-8-12(22-21-11)15(27)25-6-7-26-14(9-25)23-24-16(26)17(18,19)20/h2-5,8H,6-7,9H2,1H3,(H,21,22). The van der Waals surface area contributed by atoms with Gasteiger partial charge in [0, 0.05) is 18.7 Å². The number of rotatable bonds is 3. The lowest BCUT2D eigenvalue weighted by Gasteiger charge is -2.27. The minimum absolute atomic E-state index is 0.0313. The van der Waals surface area contributed by atoms with E-state index in [9.17, 15) is 18.0 Å². The summed E-state index contributed by atoms with van der Waals surface area (Å²) in [5.74, 6) is -0.721. The number of benzene rings is 1. The van der Waals surface area contributed by atoms with E-state index in [1.54, 1.807) is 12.1 Å². The number of para-hydroxylation sites is 1. The molecule has 3 aromatic rings. The molecule has 0 spiro atoms. The van der Waals surface area contributed by atoms with E-state index in [0.29, 0.717) is 17.0 Å². The van der Waals surface area contributed by atoms with Crippen molar-refractivity contribution in [2.45, 2.75) is 19.3 Å². The summed E-state index contributed by atoms with van der Waals surface area (Å²) in [4.78, 5) is 14.2. The quantitative estimate of drug-likeness (QED) is 0.739. The van der Waals surface area contributed by atoms with Gasteiger partial charge in [-0.05, 0) is 18.2 Å². The molecule has 0 unspecified atom stereocenters. The van der Waals surface area contributed by atoms with Crippen LogP contribution in [-0.2, 0) is 19.3 Å². The Labute approximate surface area is 156 Å². The number of nitrogens with zero attached hydrogens (tertiary/aromatic N) is 5. The zero-order valence-electron chi connectivity index (χ0n) is 14.7. The number of amides is 1. The zero-order chi connectivity index (χ0) is 19.9. The number of aromatic amines is 1. The topological polar surface area (TPSA) is 88.9 Å². The molecule has 1 aliphatic rings. The van der Waals surface area contributed by atoms with Crippen LogP contribution in [0.25, 0.3) is 11.3 Å². The van der Waals surface area contributed by atoms with E-state index in [-0.39, 0.29) is 37.1 Å². The Balaban J connectivity index is 1.55. The van der Waals surface area contributed by atoms with E-state index in [1.807, 2.05) is 18.2 Å². The van der Waals surface area contributed by atoms with Crippen molar-refractivity contribution in [3.63, 3.8) is 0 Å². The molecule has 2 aromatic heterocycles. The highest BCUT2D eigenvalue weighted by Gasteiger charge is 2.40. The maximum Gasteiger partial charge on any atom is 0.451 e. The summed E-state index contributed by atoms with van der Waals surface area (Å²) >= 11 is 0. The Morgan fingerprint density at radius 1 is 1.21 bits per heavy atom. The molecule has 8 nitrogen and oxygen atoms in total. The van der Waals surface area contributed by atoms with E-state index in [1.165, 1.54) is 12.0 Å². The fourth-order valence-corrected chi connectivity index (χ4v) is 3.14. The van der Waals surface area contributed by atoms with Crippen LogP contribution in [0, 0.1) is 0 Å². The van der Waals surface area contributed by atoms with Gasteiger partial charge >= 0.3 is 6.18 Å². The number of hydrogen-bond acceptors (Lipinski definition) is 5. The molecule has 0 atom stereocenters. The van der Waals surface area contributed by atoms with Gasteiger partial charge in [-0.25, -0.2) is 0 Å². The molecular weight excluding hydrogens is 377 g/mol. The molecule has 0 saturated heterocycles. The lowest BCUT2D eigenvalue weighted by atomic mass is 10.1. The first kappa shape index (κ1) is 18.0. The fraction of sp³-hybridized carbons (Fsp3) is 0.294. The number of hydrogen-bond donors (Lipinski definition) is 1. The third-order valence-corrected chi connectivity index (χ3v) is 4.49. The summed E-state index contributed by atoms with van der Waals surface area (Å²) in [5, 5.41) is 13.6. The van der Waals surface area contributed by atoms with Crippen molar-refractivity contribution < 1.29 is 22.7 Å². The Kier molecular flexibility index (Phi) is 4.28. The Morgan fingerprint density at radius 2 is 2.00 bits per heavy atom. The first-order chi connectivity index (χ1) is 13.4. The molecule has 0 bridgehead atoms. The molecule has 1 aromatic carbocycles. The summed E-state index contributed by atoms with van der Waals surface area (Å²) in [6.07, 6.45) is -4.58. The fourth-order valence-electron chi connectivity index (χ4n) is 3.14. The maximum atomic E-state index is 12.9. The number of carbonyl (C=O) groups excluding carboxylic acids is 1. The predicted octanol–water partition coefficient (Wildman–Crippen LogP) is 2.35. The molecule has 1 aliphatic heterocycles. The van der Waals surface area contributed by atoms with Crippen LogP contribution in [0.4, 0.5) is 13.2 Å². The van der Waals surface area contributed by atoms with Crippen LogP contribution in [0.1, 0.15) is 22.1 Å². The van der Waals surface area contributed by atoms with Crippen molar-refractivity contribution in [2.24, 2.45) is 0 Å². The molecule has 0 aliphatic carbocycles. The highest BCUT2D eigenvalue weighted by atomic mass is 19.4. The molecular formula is C17H15F3N6O2. The minimum Gasteiger partial charge on any atom is -0.496 e.